The van der Waals surface area contributed by atoms with Crippen molar-refractivity contribution in [2.24, 2.45) is 0 Å². The summed E-state index contributed by atoms with van der Waals surface area (Å²) in [4.78, 5) is 0. The second-order valence-electron chi connectivity index (χ2n) is 22.5. The fraction of sp³-hybridized carbons (Fsp3) is 1.00. The number of hydrogen-bond acceptors (Lipinski definition) is 40. The van der Waals surface area contributed by atoms with E-state index >= 15 is 0 Å². The lowest BCUT2D eigenvalue weighted by Crippen LogP contribution is -2.69. The first kappa shape index (κ1) is 70.7. The minimum Gasteiger partial charge on any atom is -0.394 e. The minimum absolute atomic E-state index is 1.08. The van der Waals surface area contributed by atoms with Crippen molar-refractivity contribution in [1.82, 2.24) is 0 Å². The molecule has 0 aromatic rings. The van der Waals surface area contributed by atoms with Crippen LogP contribution in [0.1, 0.15) is 0 Å². The Morgan fingerprint density at radius 3 is 0.307 bits per heavy atom. The summed E-state index contributed by atoms with van der Waals surface area (Å²) in [5.74, 6) is 0. The van der Waals surface area contributed by atoms with Gasteiger partial charge in [0.25, 0.3) is 0 Å². The molecule has 0 saturated carbocycles. The predicted molar refractivity (Wildman–Crippen MR) is 261 cm³/mol. The van der Waals surface area contributed by atoms with Gasteiger partial charge in [0.1, 0.15) is 195 Å². The Bertz CT molecular complexity index is 1700. The van der Waals surface area contributed by atoms with Gasteiger partial charge in [-0.1, -0.05) is 0 Å². The zero-order valence-corrected chi connectivity index (χ0v) is 46.0. The Morgan fingerprint density at radius 1 is 0.136 bits per heavy atom. The smallest absolute Gasteiger partial charge is 0.187 e. The molecule has 30 aliphatic rings. The number of hydrogen-bond donors (Lipinski definition) is 24. The largest absolute Gasteiger partial charge is 0.394 e. The Hall–Kier alpha value is -1.60. The Kier molecular flexibility index (Phi) is 24.1. The van der Waals surface area contributed by atoms with Crippen LogP contribution in [0, 0.1) is 0 Å². The summed E-state index contributed by atoms with van der Waals surface area (Å²) >= 11 is 0. The van der Waals surface area contributed by atoms with Crippen molar-refractivity contribution >= 4 is 0 Å². The lowest BCUT2D eigenvalue weighted by molar-refractivity contribution is -0.404. The van der Waals surface area contributed by atoms with Crippen LogP contribution in [0.5, 0.6) is 0 Å². The Morgan fingerprint density at radius 2 is 0.227 bits per heavy atom. The molecule has 40 heteroatoms. The average Bonchev–Trinajstić information content (AvgIpc) is 0.985. The van der Waals surface area contributed by atoms with Crippen LogP contribution in [-0.2, 0) is 75.8 Å². The third-order valence-electron chi connectivity index (χ3n) is 16.9. The molecule has 0 radical (unpaired) electrons. The van der Waals surface area contributed by atoms with E-state index in [4.69, 9.17) is 75.8 Å². The quantitative estimate of drug-likeness (QED) is 0.107. The second kappa shape index (κ2) is 30.0. The topological polar surface area (TPSA) is 633 Å². The van der Waals surface area contributed by atoms with Gasteiger partial charge in [-0.3, -0.25) is 0 Å². The number of aliphatic hydroxyl groups is 24. The normalized spacial score (nSPS) is 55.4. The van der Waals surface area contributed by atoms with E-state index in [1.165, 1.54) is 0 Å². The summed E-state index contributed by atoms with van der Waals surface area (Å²) in [7, 11) is 0. The second-order valence-corrected chi connectivity index (χ2v) is 22.5. The molecule has 0 spiro atoms. The lowest BCUT2D eigenvalue weighted by Gasteiger charge is -2.50. The van der Waals surface area contributed by atoms with Crippen LogP contribution < -0.4 is 0 Å². The van der Waals surface area contributed by atoms with Gasteiger partial charge in [0.2, 0.25) is 0 Å². The van der Waals surface area contributed by atoms with Gasteiger partial charge in [0.15, 0.2) is 50.3 Å². The maximum atomic E-state index is 11.4. The fourth-order valence-electron chi connectivity index (χ4n) is 11.9. The van der Waals surface area contributed by atoms with E-state index in [0.717, 1.165) is 0 Å². The molecule has 16 bridgehead atoms. The molecule has 0 aromatic carbocycles. The van der Waals surface area contributed by atoms with Crippen LogP contribution in [0.25, 0.3) is 0 Å². The van der Waals surface area contributed by atoms with E-state index in [0.29, 0.717) is 0 Å². The van der Waals surface area contributed by atoms with Gasteiger partial charge in [-0.25, -0.2) is 0 Å². The van der Waals surface area contributed by atoms with Crippen LogP contribution in [-0.4, -0.2) is 421 Å². The summed E-state index contributed by atoms with van der Waals surface area (Å²) in [5, 5.41) is 265. The van der Waals surface area contributed by atoms with Gasteiger partial charge in [-0.15, -0.1) is 0 Å². The van der Waals surface area contributed by atoms with E-state index in [1.54, 1.807) is 0 Å². The molecule has 0 amide bonds. The summed E-state index contributed by atoms with van der Waals surface area (Å²) in [5.41, 5.74) is 0. The van der Waals surface area contributed by atoms with Crippen molar-refractivity contribution in [2.75, 3.05) is 52.9 Å². The number of rotatable bonds is 8. The van der Waals surface area contributed by atoms with Crippen LogP contribution in [0.3, 0.4) is 0 Å². The monoisotopic (exact) mass is 1300 g/mol. The molecule has 0 aliphatic carbocycles. The number of aliphatic hydroxyl groups excluding tert-OH is 24. The van der Waals surface area contributed by atoms with Crippen molar-refractivity contribution in [1.29, 1.82) is 0 Å². The molecule has 40 nitrogen and oxygen atoms in total. The van der Waals surface area contributed by atoms with E-state index < -0.39 is 299 Å². The molecular weight excluding hydrogens is 1220 g/mol. The van der Waals surface area contributed by atoms with Crippen molar-refractivity contribution in [3.8, 4) is 0 Å². The molecule has 30 heterocycles. The van der Waals surface area contributed by atoms with Crippen molar-refractivity contribution in [3.05, 3.63) is 0 Å². The lowest BCUT2D eigenvalue weighted by atomic mass is 9.94. The summed E-state index contributed by atoms with van der Waals surface area (Å²) in [6.45, 7) is -8.64. The fourth-order valence-corrected chi connectivity index (χ4v) is 11.9. The van der Waals surface area contributed by atoms with E-state index in [2.05, 4.69) is 0 Å². The summed E-state index contributed by atoms with van der Waals surface area (Å²) < 4.78 is 91.1. The zero-order valence-electron chi connectivity index (χ0n) is 46.0. The molecule has 88 heavy (non-hydrogen) atoms. The van der Waals surface area contributed by atoms with Gasteiger partial charge >= 0.3 is 0 Å². The first-order valence-electron chi connectivity index (χ1n) is 28.1. The van der Waals surface area contributed by atoms with E-state index in [1.807, 2.05) is 0 Å². The van der Waals surface area contributed by atoms with E-state index in [-0.39, 0.29) is 0 Å². The maximum Gasteiger partial charge on any atom is 0.187 e. The van der Waals surface area contributed by atoms with Gasteiger partial charge < -0.3 is 198 Å². The molecule has 0 aromatic heterocycles. The molecule has 512 valence electrons. The molecule has 30 aliphatic heterocycles. The third kappa shape index (κ3) is 13.8. The Balaban J connectivity index is 0.975. The zero-order chi connectivity index (χ0) is 64.1. The molecular formula is C48H80O40. The highest BCUT2D eigenvalue weighted by molar-refractivity contribution is 5.02. The first-order chi connectivity index (χ1) is 41.9. The Labute approximate surface area is 496 Å². The van der Waals surface area contributed by atoms with Gasteiger partial charge in [0, 0.05) is 0 Å². The van der Waals surface area contributed by atoms with Gasteiger partial charge in [0.05, 0.1) is 52.9 Å². The SMILES string of the molecule is OCC1O[C@H]2O[C@H]3C(CO)O[C@@H](O[C@H]4C(CO)O[C@@H](O[C@H]5C(CO)O[C@@H](O[C@H]6C(CO)O[C@@H](O[C@H]7C(CO)O[C@@H](O[C@H]8C(CO)O[C@@H](O[C@H]9C(CO)O[C@@H](OC1C(O)C2O)[C@H](O)C9O)[C@H](O)C8O)[C@H](O)C7O)C(O)[C@H]6O)[C@H](O)C5O)[C@H](O)C4O)[C@H](O)C3O. The summed E-state index contributed by atoms with van der Waals surface area (Å²) in [6, 6.07) is 0. The molecule has 30 saturated heterocycles. The van der Waals surface area contributed by atoms with Gasteiger partial charge in [-0.2, -0.15) is 0 Å². The molecule has 40 atom stereocenters. The number of ether oxygens (including phenoxy) is 16. The van der Waals surface area contributed by atoms with Crippen LogP contribution in [0.4, 0.5) is 0 Å². The van der Waals surface area contributed by atoms with Crippen LogP contribution >= 0.6 is 0 Å². The molecule has 18 unspecified atom stereocenters. The maximum absolute atomic E-state index is 11.4. The summed E-state index contributed by atoms with van der Waals surface area (Å²) in [6.07, 6.45) is -82.0. The van der Waals surface area contributed by atoms with Crippen LogP contribution in [0.15, 0.2) is 0 Å². The molecule has 24 N–H and O–H groups in total. The predicted octanol–water partition coefficient (Wildman–Crippen LogP) is -17.4. The van der Waals surface area contributed by atoms with E-state index in [9.17, 15) is 123 Å². The average molecular weight is 1300 g/mol. The highest BCUT2D eigenvalue weighted by Crippen LogP contribution is 2.40. The third-order valence-corrected chi connectivity index (χ3v) is 16.9. The van der Waals surface area contributed by atoms with Crippen molar-refractivity contribution < 1.29 is 198 Å². The standard InChI is InChI=1S/C48H80O40/c49-1-9-33-17(57)25(65)41(73-9)82-34-10(2-50)75-43(27(67)19(34)59)84-36-12(4-52)77-45(29(69)21(36)61)86-38-14(6-54)79-47(31(71)23(38)63)88-40-16(8-56)80-48(32(72)24(40)64)87-39-15(7-55)78-46(30(70)22(39)62)85-37-13(5-53)76-44(28(68)20(37)60)83-35-11(3-51)74-42(81-33)26(66)18(35)58/h9-72H,1-8H2/t9?,10?,11?,12?,13?,14?,15?,16?,17-,18?,19?,20?,21?,22?,23?,24?,25?,26-,27-,28-,29-,30-,31-,32?,33+,34+,35+,36+,37+,38+,39+,40?,41+,42+,43+,44+,45+,46+,47+,48+/m1/s1. The highest BCUT2D eigenvalue weighted by atomic mass is 16.8. The van der Waals surface area contributed by atoms with Gasteiger partial charge in [-0.05, 0) is 0 Å². The highest BCUT2D eigenvalue weighted by Gasteiger charge is 2.60. The van der Waals surface area contributed by atoms with Crippen molar-refractivity contribution in [2.45, 2.75) is 246 Å². The molecule has 30 fully saturated rings. The molecule has 30 rings (SSSR count). The van der Waals surface area contributed by atoms with Crippen LogP contribution in [0.2, 0.25) is 0 Å². The minimum atomic E-state index is -2.25. The van der Waals surface area contributed by atoms with Crippen molar-refractivity contribution in [3.63, 3.8) is 0 Å². The first-order valence-corrected chi connectivity index (χ1v) is 28.1.